The molecule has 0 aliphatic rings. The van der Waals surface area contributed by atoms with Crippen molar-refractivity contribution in [2.24, 2.45) is 11.8 Å². The minimum atomic E-state index is -0.801. The first kappa shape index (κ1) is 25.4. The Morgan fingerprint density at radius 3 is 1.77 bits per heavy atom. The molecule has 2 aromatic heterocycles. The van der Waals surface area contributed by atoms with Crippen LogP contribution in [-0.4, -0.2) is 22.6 Å². The lowest BCUT2D eigenvalue weighted by Crippen LogP contribution is -2.28. The predicted molar refractivity (Wildman–Crippen MR) is 117 cm³/mol. The van der Waals surface area contributed by atoms with E-state index in [4.69, 9.17) is 20.4 Å². The van der Waals surface area contributed by atoms with Gasteiger partial charge in [0.25, 0.3) is 0 Å². The zero-order chi connectivity index (χ0) is 22.9. The SMILES string of the molecule is C[C@@H](Cc1csc(C#N)c1)C(=O)O.C[C@@H](Cc1csc(C#N)c1)C(=O)OC(C)(C)C. The van der Waals surface area contributed by atoms with Gasteiger partial charge in [-0.05, 0) is 67.6 Å². The van der Waals surface area contributed by atoms with Crippen LogP contribution in [0.2, 0.25) is 0 Å². The summed E-state index contributed by atoms with van der Waals surface area (Å²) in [6.07, 6.45) is 1.11. The van der Waals surface area contributed by atoms with Crippen LogP contribution in [-0.2, 0) is 27.2 Å². The highest BCUT2D eigenvalue weighted by Crippen LogP contribution is 2.19. The van der Waals surface area contributed by atoms with Crippen molar-refractivity contribution in [2.45, 2.75) is 53.1 Å². The number of esters is 1. The molecular weight excluding hydrogens is 420 g/mol. The summed E-state index contributed by atoms with van der Waals surface area (Å²) in [7, 11) is 0. The Kier molecular flexibility index (Phi) is 9.71. The molecule has 8 heteroatoms. The highest BCUT2D eigenvalue weighted by Gasteiger charge is 2.22. The summed E-state index contributed by atoms with van der Waals surface area (Å²) >= 11 is 2.75. The first-order chi connectivity index (χ1) is 13.9. The van der Waals surface area contributed by atoms with Gasteiger partial charge in [-0.3, -0.25) is 9.59 Å². The van der Waals surface area contributed by atoms with E-state index in [2.05, 4.69) is 6.07 Å². The van der Waals surface area contributed by atoms with Crippen LogP contribution in [0.4, 0.5) is 0 Å². The van der Waals surface area contributed by atoms with Gasteiger partial charge in [0.05, 0.1) is 11.8 Å². The molecule has 0 aliphatic carbocycles. The standard InChI is InChI=1S/C13H17NO2S.C9H9NO2S/c1-9(12(15)16-13(2,3)4)5-10-6-11(7-14)17-8-10;1-6(9(11)12)2-7-3-8(4-10)13-5-7/h6,8-9H,5H2,1-4H3;3,5-6H,2H2,1H3,(H,11,12)/t9-;6-/m00/s1. The van der Waals surface area contributed by atoms with Crippen molar-refractivity contribution in [3.8, 4) is 12.1 Å². The molecule has 0 spiro atoms. The number of nitrogens with zero attached hydrogens (tertiary/aromatic N) is 2. The molecule has 0 aliphatic heterocycles. The smallest absolute Gasteiger partial charge is 0.309 e. The Labute approximate surface area is 185 Å². The lowest BCUT2D eigenvalue weighted by Gasteiger charge is -2.22. The molecule has 2 aromatic rings. The van der Waals surface area contributed by atoms with Crippen LogP contribution in [0.25, 0.3) is 0 Å². The van der Waals surface area contributed by atoms with Gasteiger partial charge in [-0.1, -0.05) is 13.8 Å². The van der Waals surface area contributed by atoms with Gasteiger partial charge in [0.1, 0.15) is 27.5 Å². The molecule has 1 N–H and O–H groups in total. The quantitative estimate of drug-likeness (QED) is 0.623. The fraction of sp³-hybridized carbons (Fsp3) is 0.455. The Hall–Kier alpha value is -2.68. The number of thiophene rings is 2. The molecule has 0 amide bonds. The number of nitriles is 2. The van der Waals surface area contributed by atoms with E-state index in [0.29, 0.717) is 22.6 Å². The van der Waals surface area contributed by atoms with E-state index >= 15 is 0 Å². The van der Waals surface area contributed by atoms with E-state index in [1.807, 2.05) is 50.6 Å². The molecule has 0 aromatic carbocycles. The predicted octanol–water partition coefficient (Wildman–Crippen LogP) is 5.02. The summed E-state index contributed by atoms with van der Waals surface area (Å²) in [5.41, 5.74) is 1.50. The zero-order valence-electron chi connectivity index (χ0n) is 17.8. The van der Waals surface area contributed by atoms with E-state index in [9.17, 15) is 9.59 Å². The Balaban J connectivity index is 0.000000311. The largest absolute Gasteiger partial charge is 0.481 e. The number of carboxylic acids is 1. The van der Waals surface area contributed by atoms with Gasteiger partial charge >= 0.3 is 11.9 Å². The normalized spacial score (nSPS) is 12.5. The van der Waals surface area contributed by atoms with Gasteiger partial charge in [-0.15, -0.1) is 22.7 Å². The van der Waals surface area contributed by atoms with Gasteiger partial charge in [0, 0.05) is 0 Å². The molecule has 30 heavy (non-hydrogen) atoms. The van der Waals surface area contributed by atoms with Crippen molar-refractivity contribution in [1.29, 1.82) is 10.5 Å². The molecule has 0 radical (unpaired) electrons. The molecule has 6 nitrogen and oxygen atoms in total. The van der Waals surface area contributed by atoms with Crippen molar-refractivity contribution in [3.05, 3.63) is 43.8 Å². The Morgan fingerprint density at radius 1 is 1.00 bits per heavy atom. The monoisotopic (exact) mass is 446 g/mol. The molecule has 0 saturated carbocycles. The van der Waals surface area contributed by atoms with Crippen molar-refractivity contribution in [2.75, 3.05) is 0 Å². The van der Waals surface area contributed by atoms with E-state index in [-0.39, 0.29) is 17.8 Å². The van der Waals surface area contributed by atoms with E-state index in [0.717, 1.165) is 11.1 Å². The van der Waals surface area contributed by atoms with E-state index in [1.165, 1.54) is 22.7 Å². The van der Waals surface area contributed by atoms with Crippen LogP contribution in [0.15, 0.2) is 22.9 Å². The van der Waals surface area contributed by atoms with Crippen molar-refractivity contribution < 1.29 is 19.4 Å². The third-order valence-corrected chi connectivity index (χ3v) is 5.61. The van der Waals surface area contributed by atoms with Gasteiger partial charge in [0.15, 0.2) is 0 Å². The molecule has 2 atom stereocenters. The second-order valence-corrected chi connectivity index (χ2v) is 9.77. The van der Waals surface area contributed by atoms with Crippen LogP contribution < -0.4 is 0 Å². The van der Waals surface area contributed by atoms with E-state index in [1.54, 1.807) is 13.0 Å². The average Bonchev–Trinajstić information content (AvgIpc) is 3.29. The number of hydrogen-bond acceptors (Lipinski definition) is 7. The van der Waals surface area contributed by atoms with Crippen LogP contribution in [0.5, 0.6) is 0 Å². The second-order valence-electron chi connectivity index (χ2n) is 7.94. The first-order valence-corrected chi connectivity index (χ1v) is 11.1. The van der Waals surface area contributed by atoms with Gasteiger partial charge in [-0.2, -0.15) is 10.5 Å². The first-order valence-electron chi connectivity index (χ1n) is 9.35. The molecular formula is C22H26N2O4S2. The summed E-state index contributed by atoms with van der Waals surface area (Å²) in [6, 6.07) is 7.68. The summed E-state index contributed by atoms with van der Waals surface area (Å²) in [5, 5.41) is 29.6. The van der Waals surface area contributed by atoms with E-state index < -0.39 is 11.6 Å². The third kappa shape index (κ3) is 9.21. The van der Waals surface area contributed by atoms with Crippen LogP contribution >= 0.6 is 22.7 Å². The lowest BCUT2D eigenvalue weighted by molar-refractivity contribution is -0.159. The summed E-state index contributed by atoms with van der Waals surface area (Å²) < 4.78 is 5.30. The van der Waals surface area contributed by atoms with Crippen LogP contribution in [0.1, 0.15) is 55.5 Å². The van der Waals surface area contributed by atoms with Gasteiger partial charge < -0.3 is 9.84 Å². The van der Waals surface area contributed by atoms with Crippen molar-refractivity contribution in [3.63, 3.8) is 0 Å². The summed E-state index contributed by atoms with van der Waals surface area (Å²) in [4.78, 5) is 23.6. The minimum absolute atomic E-state index is 0.185. The van der Waals surface area contributed by atoms with Gasteiger partial charge in [0.2, 0.25) is 0 Å². The average molecular weight is 447 g/mol. The van der Waals surface area contributed by atoms with Crippen molar-refractivity contribution >= 4 is 34.6 Å². The maximum atomic E-state index is 11.8. The summed E-state index contributed by atoms with van der Waals surface area (Å²) in [6.45, 7) is 9.08. The van der Waals surface area contributed by atoms with Crippen molar-refractivity contribution in [1.82, 2.24) is 0 Å². The number of hydrogen-bond donors (Lipinski definition) is 1. The molecule has 0 fully saturated rings. The lowest BCUT2D eigenvalue weighted by atomic mass is 10.0. The molecule has 160 valence electrons. The molecule has 2 rings (SSSR count). The number of carbonyl (C=O) groups excluding carboxylic acids is 1. The number of aliphatic carboxylic acids is 1. The Bertz CT molecular complexity index is 941. The third-order valence-electron chi connectivity index (χ3n) is 3.84. The number of ether oxygens (including phenoxy) is 1. The fourth-order valence-electron chi connectivity index (χ4n) is 2.36. The van der Waals surface area contributed by atoms with Crippen LogP contribution in [0.3, 0.4) is 0 Å². The van der Waals surface area contributed by atoms with Crippen LogP contribution in [0, 0.1) is 34.5 Å². The maximum absolute atomic E-state index is 11.8. The minimum Gasteiger partial charge on any atom is -0.481 e. The summed E-state index contributed by atoms with van der Waals surface area (Å²) in [5.74, 6) is -1.57. The number of carbonyl (C=O) groups is 2. The maximum Gasteiger partial charge on any atom is 0.309 e. The number of carboxylic acid groups (broad SMARTS) is 1. The number of rotatable bonds is 6. The highest BCUT2D eigenvalue weighted by molar-refractivity contribution is 7.10. The molecule has 0 bridgehead atoms. The molecule has 0 saturated heterocycles. The van der Waals surface area contributed by atoms with Gasteiger partial charge in [-0.25, -0.2) is 0 Å². The molecule has 2 heterocycles. The highest BCUT2D eigenvalue weighted by atomic mass is 32.1. The Morgan fingerprint density at radius 2 is 1.43 bits per heavy atom. The second kappa shape index (κ2) is 11.5. The molecule has 0 unspecified atom stereocenters. The fourth-order valence-corrected chi connectivity index (χ4v) is 3.79. The zero-order valence-corrected chi connectivity index (χ0v) is 19.4. The topological polar surface area (TPSA) is 111 Å².